The third-order valence-corrected chi connectivity index (χ3v) is 4.09. The molecule has 1 heterocycles. The topological polar surface area (TPSA) is 24.9 Å². The van der Waals surface area contributed by atoms with Crippen molar-refractivity contribution < 1.29 is 0 Å². The van der Waals surface area contributed by atoms with Crippen LogP contribution >= 0.6 is 11.6 Å². The van der Waals surface area contributed by atoms with Crippen molar-refractivity contribution >= 4 is 28.2 Å². The lowest BCUT2D eigenvalue weighted by molar-refractivity contribution is 0.679. The van der Waals surface area contributed by atoms with Gasteiger partial charge in [0.15, 0.2) is 0 Å². The average Bonchev–Trinajstić information content (AvgIpc) is 2.48. The van der Waals surface area contributed by atoms with Crippen molar-refractivity contribution in [3.05, 3.63) is 47.1 Å². The summed E-state index contributed by atoms with van der Waals surface area (Å²) in [6.07, 6.45) is 10.6. The van der Waals surface area contributed by atoms with Gasteiger partial charge in [0.2, 0.25) is 0 Å². The van der Waals surface area contributed by atoms with Gasteiger partial charge >= 0.3 is 0 Å². The van der Waals surface area contributed by atoms with Gasteiger partial charge in [-0.1, -0.05) is 23.3 Å². The zero-order valence-corrected chi connectivity index (χ0v) is 12.3. The highest BCUT2D eigenvalue weighted by Crippen LogP contribution is 2.25. The quantitative estimate of drug-likeness (QED) is 0.782. The molecular formula is C17H19ClN2. The molecule has 0 radical (unpaired) electrons. The first-order valence-corrected chi connectivity index (χ1v) is 7.67. The predicted molar refractivity (Wildman–Crippen MR) is 86.4 cm³/mol. The van der Waals surface area contributed by atoms with Crippen LogP contribution in [0.1, 0.15) is 32.1 Å². The number of hydrogen-bond acceptors (Lipinski definition) is 2. The van der Waals surface area contributed by atoms with Gasteiger partial charge in [-0.25, -0.2) is 0 Å². The third-order valence-electron chi connectivity index (χ3n) is 3.85. The first kappa shape index (κ1) is 13.4. The molecule has 0 amide bonds. The van der Waals surface area contributed by atoms with E-state index < -0.39 is 0 Å². The zero-order valence-electron chi connectivity index (χ0n) is 11.5. The minimum atomic E-state index is 0.731. The van der Waals surface area contributed by atoms with Gasteiger partial charge in [-0.05, 0) is 56.4 Å². The normalized spacial score (nSPS) is 15.2. The summed E-state index contributed by atoms with van der Waals surface area (Å²) in [7, 11) is 0. The smallest absolute Gasteiger partial charge is 0.0737 e. The number of nitrogens with one attached hydrogen (secondary N) is 1. The van der Waals surface area contributed by atoms with E-state index in [1.54, 1.807) is 5.57 Å². The molecule has 1 aromatic heterocycles. The number of halogens is 1. The summed E-state index contributed by atoms with van der Waals surface area (Å²) >= 11 is 6.01. The number of hydrogen-bond donors (Lipinski definition) is 1. The fraction of sp³-hybridized carbons (Fsp3) is 0.353. The van der Waals surface area contributed by atoms with Gasteiger partial charge < -0.3 is 5.32 Å². The Labute approximate surface area is 124 Å². The maximum atomic E-state index is 6.01. The summed E-state index contributed by atoms with van der Waals surface area (Å²) in [5.74, 6) is 0. The van der Waals surface area contributed by atoms with Crippen LogP contribution in [0.4, 0.5) is 5.69 Å². The van der Waals surface area contributed by atoms with Gasteiger partial charge in [-0.2, -0.15) is 0 Å². The molecule has 0 fully saturated rings. The van der Waals surface area contributed by atoms with Crippen LogP contribution in [-0.4, -0.2) is 11.5 Å². The Balaban J connectivity index is 1.69. The van der Waals surface area contributed by atoms with Crippen molar-refractivity contribution in [2.75, 3.05) is 11.9 Å². The Morgan fingerprint density at radius 3 is 3.00 bits per heavy atom. The standard InChI is InChI=1S/C17H19ClN2/c18-14-6-7-15-16(9-11-20-17(15)12-14)19-10-8-13-4-2-1-3-5-13/h4,6-7,9,11-12H,1-3,5,8,10H2,(H,19,20). The minimum absolute atomic E-state index is 0.731. The average molecular weight is 287 g/mol. The van der Waals surface area contributed by atoms with Crippen molar-refractivity contribution in [2.24, 2.45) is 0 Å². The molecule has 1 N–H and O–H groups in total. The van der Waals surface area contributed by atoms with Crippen molar-refractivity contribution in [3.63, 3.8) is 0 Å². The molecule has 0 atom stereocenters. The molecule has 1 aliphatic carbocycles. The van der Waals surface area contributed by atoms with E-state index in [4.69, 9.17) is 11.6 Å². The van der Waals surface area contributed by atoms with Crippen molar-refractivity contribution in [1.82, 2.24) is 4.98 Å². The molecule has 3 rings (SSSR count). The van der Waals surface area contributed by atoms with Gasteiger partial charge in [-0.3, -0.25) is 4.98 Å². The summed E-state index contributed by atoms with van der Waals surface area (Å²) in [5.41, 5.74) is 3.69. The highest BCUT2D eigenvalue weighted by atomic mass is 35.5. The van der Waals surface area contributed by atoms with Gasteiger partial charge in [-0.15, -0.1) is 0 Å². The van der Waals surface area contributed by atoms with Crippen LogP contribution < -0.4 is 5.32 Å². The van der Waals surface area contributed by atoms with E-state index in [0.717, 1.165) is 34.6 Å². The molecule has 104 valence electrons. The molecule has 2 nitrogen and oxygen atoms in total. The summed E-state index contributed by atoms with van der Waals surface area (Å²) in [4.78, 5) is 4.36. The van der Waals surface area contributed by atoms with Crippen LogP contribution in [0.25, 0.3) is 10.9 Å². The molecule has 0 bridgehead atoms. The van der Waals surface area contributed by atoms with Crippen molar-refractivity contribution in [1.29, 1.82) is 0 Å². The first-order chi connectivity index (χ1) is 9.83. The van der Waals surface area contributed by atoms with E-state index in [9.17, 15) is 0 Å². The Kier molecular flexibility index (Phi) is 4.22. The van der Waals surface area contributed by atoms with Gasteiger partial charge in [0.05, 0.1) is 5.52 Å². The summed E-state index contributed by atoms with van der Waals surface area (Å²) in [6.45, 7) is 0.980. The summed E-state index contributed by atoms with van der Waals surface area (Å²) in [6, 6.07) is 7.89. The molecule has 1 aromatic carbocycles. The predicted octanol–water partition coefficient (Wildman–Crippen LogP) is 5.19. The number of anilines is 1. The minimum Gasteiger partial charge on any atom is -0.384 e. The number of allylic oxidation sites excluding steroid dienone is 1. The largest absolute Gasteiger partial charge is 0.384 e. The molecule has 3 heteroatoms. The van der Waals surface area contributed by atoms with E-state index in [1.165, 1.54) is 25.7 Å². The number of benzene rings is 1. The Morgan fingerprint density at radius 2 is 2.15 bits per heavy atom. The molecule has 0 unspecified atom stereocenters. The van der Waals surface area contributed by atoms with E-state index in [0.29, 0.717) is 0 Å². The second kappa shape index (κ2) is 6.27. The number of pyridine rings is 1. The van der Waals surface area contributed by atoms with Crippen LogP contribution in [0.5, 0.6) is 0 Å². The maximum Gasteiger partial charge on any atom is 0.0737 e. The molecular weight excluding hydrogens is 268 g/mol. The highest BCUT2D eigenvalue weighted by molar-refractivity contribution is 6.31. The summed E-state index contributed by atoms with van der Waals surface area (Å²) < 4.78 is 0. The third kappa shape index (κ3) is 3.13. The van der Waals surface area contributed by atoms with Crippen LogP contribution in [0.15, 0.2) is 42.1 Å². The van der Waals surface area contributed by atoms with Gasteiger partial charge in [0.1, 0.15) is 0 Å². The lowest BCUT2D eigenvalue weighted by Gasteiger charge is -2.14. The SMILES string of the molecule is Clc1ccc2c(NCCC3=CCCCC3)ccnc2c1. The Hall–Kier alpha value is -1.54. The lowest BCUT2D eigenvalue weighted by Crippen LogP contribution is -2.05. The molecule has 0 saturated carbocycles. The number of nitrogens with zero attached hydrogens (tertiary/aromatic N) is 1. The van der Waals surface area contributed by atoms with Gasteiger partial charge in [0.25, 0.3) is 0 Å². The number of aromatic nitrogens is 1. The fourth-order valence-corrected chi connectivity index (χ4v) is 2.93. The van der Waals surface area contributed by atoms with Crippen molar-refractivity contribution in [2.45, 2.75) is 32.1 Å². The van der Waals surface area contributed by atoms with Crippen LogP contribution in [0, 0.1) is 0 Å². The molecule has 2 aromatic rings. The summed E-state index contributed by atoms with van der Waals surface area (Å²) in [5, 5.41) is 5.40. The Bertz CT molecular complexity index is 634. The molecule has 0 spiro atoms. The second-order valence-corrected chi connectivity index (χ2v) is 5.74. The monoisotopic (exact) mass is 286 g/mol. The highest BCUT2D eigenvalue weighted by Gasteiger charge is 2.05. The van der Waals surface area contributed by atoms with Crippen LogP contribution in [0.2, 0.25) is 5.02 Å². The zero-order chi connectivity index (χ0) is 13.8. The van der Waals surface area contributed by atoms with Crippen LogP contribution in [-0.2, 0) is 0 Å². The van der Waals surface area contributed by atoms with Crippen LogP contribution in [0.3, 0.4) is 0 Å². The molecule has 0 aliphatic heterocycles. The van der Waals surface area contributed by atoms with Crippen molar-refractivity contribution in [3.8, 4) is 0 Å². The Morgan fingerprint density at radius 1 is 1.20 bits per heavy atom. The maximum absolute atomic E-state index is 6.01. The molecule has 0 saturated heterocycles. The van der Waals surface area contributed by atoms with E-state index in [-0.39, 0.29) is 0 Å². The lowest BCUT2D eigenvalue weighted by atomic mass is 9.97. The fourth-order valence-electron chi connectivity index (χ4n) is 2.76. The number of rotatable bonds is 4. The van der Waals surface area contributed by atoms with E-state index in [1.807, 2.05) is 30.5 Å². The molecule has 20 heavy (non-hydrogen) atoms. The molecule has 1 aliphatic rings. The van der Waals surface area contributed by atoms with Gasteiger partial charge in [0, 0.05) is 28.8 Å². The second-order valence-electron chi connectivity index (χ2n) is 5.30. The first-order valence-electron chi connectivity index (χ1n) is 7.29. The van der Waals surface area contributed by atoms with E-state index >= 15 is 0 Å². The van der Waals surface area contributed by atoms with E-state index in [2.05, 4.69) is 16.4 Å². The number of fused-ring (bicyclic) bond motifs is 1.